The van der Waals surface area contributed by atoms with E-state index >= 15 is 0 Å². The van der Waals surface area contributed by atoms with Gasteiger partial charge in [0.2, 0.25) is 0 Å². The largest absolute Gasteiger partial charge is 0.756 e. The van der Waals surface area contributed by atoms with Crippen LogP contribution >= 0.6 is 7.82 Å². The number of hydrogen-bond donors (Lipinski definition) is 0. The molecule has 0 aromatic rings. The Morgan fingerprint density at radius 2 is 0.600 bits per heavy atom. The summed E-state index contributed by atoms with van der Waals surface area (Å²) in [5, 5.41) is 0. The fourth-order valence-electron chi connectivity index (χ4n) is 9.32. The van der Waals surface area contributed by atoms with Crippen LogP contribution < -0.4 is 4.89 Å². The number of carbonyl (C=O) groups excluding carboxylic acids is 2. The number of carbonyl (C=O) groups is 2. The van der Waals surface area contributed by atoms with Crippen molar-refractivity contribution in [2.75, 3.05) is 47.5 Å². The van der Waals surface area contributed by atoms with Crippen LogP contribution in [-0.2, 0) is 32.7 Å². The maximum Gasteiger partial charge on any atom is 0.306 e. The number of esters is 2. The smallest absolute Gasteiger partial charge is 0.306 e. The molecule has 0 aromatic carbocycles. The number of phosphoric ester groups is 1. The van der Waals surface area contributed by atoms with Crippen LogP contribution in [0.3, 0.4) is 0 Å². The predicted octanol–water partition coefficient (Wildman–Crippen LogP) is 23.1. The zero-order valence-electron chi connectivity index (χ0n) is 58.0. The van der Waals surface area contributed by atoms with Crippen LogP contribution in [0.15, 0.2) is 170 Å². The van der Waals surface area contributed by atoms with Crippen LogP contribution in [0.4, 0.5) is 0 Å². The molecule has 0 fully saturated rings. The number of nitrogens with zero attached hydrogens (tertiary/aromatic N) is 1. The van der Waals surface area contributed by atoms with Crippen LogP contribution in [0.5, 0.6) is 0 Å². The lowest BCUT2D eigenvalue weighted by molar-refractivity contribution is -0.870. The van der Waals surface area contributed by atoms with Gasteiger partial charge in [0.25, 0.3) is 7.82 Å². The summed E-state index contributed by atoms with van der Waals surface area (Å²) >= 11 is 0. The van der Waals surface area contributed by atoms with Gasteiger partial charge in [-0.25, -0.2) is 0 Å². The monoisotopic (exact) mass is 1270 g/mol. The molecule has 0 N–H and O–H groups in total. The van der Waals surface area contributed by atoms with E-state index in [-0.39, 0.29) is 26.1 Å². The number of ether oxygens (including phenoxy) is 2. The maximum atomic E-state index is 12.9. The third-order valence-corrected chi connectivity index (χ3v) is 15.7. The van der Waals surface area contributed by atoms with E-state index in [1.165, 1.54) is 89.9 Å². The number of unbranched alkanes of at least 4 members (excludes halogenated alkanes) is 22. The second-order valence-corrected chi connectivity index (χ2v) is 25.9. The standard InChI is InChI=1S/C80H132NO8P/c1-6-8-10-12-14-16-18-20-22-24-26-28-30-32-34-36-37-38-39-40-41-42-43-45-47-49-51-53-55-57-59-61-63-65-67-69-71-73-80(83)89-78(77-88-90(84,85)87-75-74-81(3,4)5)76-86-79(82)72-70-68-66-64-62-60-58-56-54-52-50-48-46-44-35-33-31-29-27-25-23-21-19-17-15-13-11-9-7-2/h8-11,14-17,20-23,26-29,32-35,37-38,40-41,43,45-46,48,78H,6-7,12-13,18-19,24-25,30-31,36,39,42,44,47,49-77H2,1-5H3/b10-8-,11-9-,16-14-,17-15-,22-20-,23-21-,28-26-,29-27-,34-32-,35-33-,38-37-,41-40-,45-43-,48-46-. The molecule has 0 aromatic heterocycles. The molecule has 0 saturated carbocycles. The van der Waals surface area contributed by atoms with E-state index < -0.39 is 32.5 Å². The first-order chi connectivity index (χ1) is 44.0. The Morgan fingerprint density at radius 3 is 0.889 bits per heavy atom. The van der Waals surface area contributed by atoms with Gasteiger partial charge in [0.05, 0.1) is 27.7 Å². The fraction of sp³-hybridized carbons (Fsp3) is 0.625. The first kappa shape index (κ1) is 85.4. The summed E-state index contributed by atoms with van der Waals surface area (Å²) in [5.41, 5.74) is 0. The summed E-state index contributed by atoms with van der Waals surface area (Å²) in [4.78, 5) is 38.1. The van der Waals surface area contributed by atoms with Crippen LogP contribution in [0.25, 0.3) is 0 Å². The minimum Gasteiger partial charge on any atom is -0.756 e. The number of likely N-dealkylation sites (N-methyl/N-ethyl adjacent to an activating group) is 1. The minimum atomic E-state index is -4.66. The Labute approximate surface area is 553 Å². The zero-order chi connectivity index (χ0) is 65.5. The van der Waals surface area contributed by atoms with Gasteiger partial charge < -0.3 is 27.9 Å². The second kappa shape index (κ2) is 68.7. The molecular weight excluding hydrogens is 1130 g/mol. The molecule has 90 heavy (non-hydrogen) atoms. The lowest BCUT2D eigenvalue weighted by Crippen LogP contribution is -2.37. The summed E-state index contributed by atoms with van der Waals surface area (Å²) in [5.74, 6) is -0.847. The normalized spacial score (nSPS) is 14.2. The molecule has 0 saturated heterocycles. The Balaban J connectivity index is 4.10. The minimum absolute atomic E-state index is 0.0398. The van der Waals surface area contributed by atoms with Crippen molar-refractivity contribution in [2.45, 2.75) is 277 Å². The third-order valence-electron chi connectivity index (χ3n) is 14.7. The van der Waals surface area contributed by atoms with Crippen LogP contribution in [-0.4, -0.2) is 70.0 Å². The first-order valence-corrected chi connectivity index (χ1v) is 37.3. The molecule has 2 unspecified atom stereocenters. The highest BCUT2D eigenvalue weighted by molar-refractivity contribution is 7.45. The zero-order valence-corrected chi connectivity index (χ0v) is 58.9. The van der Waals surface area contributed by atoms with Crippen molar-refractivity contribution in [2.24, 2.45) is 0 Å². The highest BCUT2D eigenvalue weighted by atomic mass is 31.2. The van der Waals surface area contributed by atoms with Gasteiger partial charge in [0.15, 0.2) is 6.10 Å². The molecular formula is C80H132NO8P. The van der Waals surface area contributed by atoms with E-state index in [0.29, 0.717) is 17.4 Å². The molecule has 0 spiro atoms. The van der Waals surface area contributed by atoms with Crippen molar-refractivity contribution in [3.05, 3.63) is 170 Å². The van der Waals surface area contributed by atoms with Gasteiger partial charge in [-0.2, -0.15) is 0 Å². The Kier molecular flexibility index (Phi) is 65.2. The lowest BCUT2D eigenvalue weighted by atomic mass is 10.0. The number of rotatable bonds is 64. The van der Waals surface area contributed by atoms with Gasteiger partial charge in [-0.15, -0.1) is 0 Å². The SMILES string of the molecule is CC/C=C\C/C=C\C/C=C\C/C=C\C/C=C\C/C=C\C/C=C\C/C=C\CCCCCCCCCCCCCCC(=O)OC(COC(=O)CCCCCCCCCCCC/C=C\C/C=C\C/C=C\C/C=C\C/C=C\C/C=C\CC)COP(=O)([O-])OCC[N+](C)(C)C. The molecule has 10 heteroatoms. The number of allylic oxidation sites excluding steroid dienone is 28. The van der Waals surface area contributed by atoms with E-state index in [1.807, 2.05) is 21.1 Å². The molecule has 0 rings (SSSR count). The summed E-state index contributed by atoms with van der Waals surface area (Å²) in [7, 11) is 1.15. The Bertz CT molecular complexity index is 2130. The summed E-state index contributed by atoms with van der Waals surface area (Å²) in [6.45, 7) is 4.00. The molecule has 0 aliphatic rings. The van der Waals surface area contributed by atoms with Gasteiger partial charge >= 0.3 is 11.9 Å². The summed E-state index contributed by atoms with van der Waals surface area (Å²) < 4.78 is 34.3. The summed E-state index contributed by atoms with van der Waals surface area (Å²) in [6, 6.07) is 0. The molecule has 9 nitrogen and oxygen atoms in total. The second-order valence-electron chi connectivity index (χ2n) is 24.5. The van der Waals surface area contributed by atoms with E-state index in [1.54, 1.807) is 0 Å². The summed E-state index contributed by atoms with van der Waals surface area (Å²) in [6.07, 6.45) is 104. The van der Waals surface area contributed by atoms with Gasteiger partial charge in [-0.1, -0.05) is 300 Å². The Hall–Kier alpha value is -4.63. The van der Waals surface area contributed by atoms with E-state index in [0.717, 1.165) is 148 Å². The number of phosphoric acid groups is 1. The van der Waals surface area contributed by atoms with Crippen LogP contribution in [0.1, 0.15) is 271 Å². The third kappa shape index (κ3) is 72.4. The van der Waals surface area contributed by atoms with Gasteiger partial charge in [-0.05, 0) is 128 Å². The van der Waals surface area contributed by atoms with Crippen molar-refractivity contribution in [3.63, 3.8) is 0 Å². The molecule has 0 amide bonds. The van der Waals surface area contributed by atoms with Crippen LogP contribution in [0.2, 0.25) is 0 Å². The van der Waals surface area contributed by atoms with Gasteiger partial charge in [0, 0.05) is 12.8 Å². The number of quaternary nitrogens is 1. The van der Waals surface area contributed by atoms with Gasteiger partial charge in [0.1, 0.15) is 19.8 Å². The average molecular weight is 1270 g/mol. The molecule has 0 radical (unpaired) electrons. The molecule has 0 bridgehead atoms. The highest BCUT2D eigenvalue weighted by Crippen LogP contribution is 2.38. The Morgan fingerprint density at radius 1 is 0.344 bits per heavy atom. The predicted molar refractivity (Wildman–Crippen MR) is 387 cm³/mol. The van der Waals surface area contributed by atoms with Crippen molar-refractivity contribution in [1.82, 2.24) is 0 Å². The fourth-order valence-corrected chi connectivity index (χ4v) is 10.1. The van der Waals surface area contributed by atoms with Crippen molar-refractivity contribution in [1.29, 1.82) is 0 Å². The van der Waals surface area contributed by atoms with Crippen molar-refractivity contribution >= 4 is 19.8 Å². The highest BCUT2D eigenvalue weighted by Gasteiger charge is 2.22. The number of hydrogen-bond acceptors (Lipinski definition) is 8. The van der Waals surface area contributed by atoms with Gasteiger partial charge in [-0.3, -0.25) is 14.2 Å². The van der Waals surface area contributed by atoms with E-state index in [4.69, 9.17) is 18.5 Å². The topological polar surface area (TPSA) is 111 Å². The van der Waals surface area contributed by atoms with E-state index in [2.05, 4.69) is 184 Å². The van der Waals surface area contributed by atoms with Crippen LogP contribution in [0, 0.1) is 0 Å². The molecule has 510 valence electrons. The molecule has 0 aliphatic heterocycles. The maximum absolute atomic E-state index is 12.9. The molecule has 0 aliphatic carbocycles. The molecule has 0 heterocycles. The van der Waals surface area contributed by atoms with E-state index in [9.17, 15) is 19.0 Å². The lowest BCUT2D eigenvalue weighted by Gasteiger charge is -2.28. The van der Waals surface area contributed by atoms with Crippen molar-refractivity contribution in [3.8, 4) is 0 Å². The quantitative estimate of drug-likeness (QED) is 0.0195. The average Bonchev–Trinajstić information content (AvgIpc) is 3.58. The van der Waals surface area contributed by atoms with Crippen molar-refractivity contribution < 1.29 is 42.1 Å². The molecule has 2 atom stereocenters. The first-order valence-electron chi connectivity index (χ1n) is 35.8.